The first-order valence-electron chi connectivity index (χ1n) is 6.03. The number of hydrogen-bond acceptors (Lipinski definition) is 5. The molecule has 1 aliphatic rings. The van der Waals surface area contributed by atoms with Gasteiger partial charge in [-0.2, -0.15) is 9.40 Å². The second-order valence-corrected chi connectivity index (χ2v) is 6.63. The maximum atomic E-state index is 11.4. The van der Waals surface area contributed by atoms with E-state index in [9.17, 15) is 8.42 Å². The van der Waals surface area contributed by atoms with Crippen LogP contribution in [0.1, 0.15) is 0 Å². The van der Waals surface area contributed by atoms with E-state index in [0.29, 0.717) is 26.2 Å². The highest BCUT2D eigenvalue weighted by molar-refractivity contribution is 7.88. The lowest BCUT2D eigenvalue weighted by Gasteiger charge is -2.33. The van der Waals surface area contributed by atoms with Crippen molar-refractivity contribution in [1.82, 2.24) is 19.5 Å². The topological polar surface area (TPSA) is 82.2 Å². The third-order valence-corrected chi connectivity index (χ3v) is 4.64. The monoisotopic (exact) mass is 281 g/mol. The quantitative estimate of drug-likeness (QED) is 0.840. The van der Waals surface area contributed by atoms with Crippen LogP contribution >= 0.6 is 0 Å². The average Bonchev–Trinajstić information content (AvgIpc) is 2.85. The van der Waals surface area contributed by atoms with Crippen LogP contribution in [-0.4, -0.2) is 60.3 Å². The molecule has 0 radical (unpaired) electrons. The maximum absolute atomic E-state index is 11.4. The van der Waals surface area contributed by atoms with Crippen molar-refractivity contribution in [3.05, 3.63) is 18.5 Å². The molecule has 2 aromatic heterocycles. The Hall–Kier alpha value is -1.67. The van der Waals surface area contributed by atoms with Crippen LogP contribution in [0, 0.1) is 0 Å². The number of nitrogens with zero attached hydrogens (tertiary/aromatic N) is 4. The minimum Gasteiger partial charge on any atom is -0.354 e. The highest BCUT2D eigenvalue weighted by atomic mass is 32.2. The van der Waals surface area contributed by atoms with E-state index in [-0.39, 0.29) is 0 Å². The minimum absolute atomic E-state index is 0.504. The molecule has 2 aromatic rings. The molecule has 1 aliphatic heterocycles. The fraction of sp³-hybridized carbons (Fsp3) is 0.455. The highest BCUT2D eigenvalue weighted by Gasteiger charge is 2.24. The smallest absolute Gasteiger partial charge is 0.211 e. The molecule has 3 heterocycles. The fourth-order valence-corrected chi connectivity index (χ4v) is 3.08. The summed E-state index contributed by atoms with van der Waals surface area (Å²) in [7, 11) is -3.09. The van der Waals surface area contributed by atoms with Crippen LogP contribution < -0.4 is 4.90 Å². The largest absolute Gasteiger partial charge is 0.354 e. The molecule has 0 aromatic carbocycles. The molecule has 3 rings (SSSR count). The van der Waals surface area contributed by atoms with Gasteiger partial charge in [-0.25, -0.2) is 13.4 Å². The number of H-pyrrole nitrogens is 1. The first kappa shape index (κ1) is 12.4. The molecule has 1 saturated heterocycles. The Balaban J connectivity index is 1.77. The Morgan fingerprint density at radius 2 is 1.95 bits per heavy atom. The summed E-state index contributed by atoms with van der Waals surface area (Å²) in [6.45, 7) is 2.32. The normalized spacial score (nSPS) is 18.1. The number of anilines is 1. The lowest BCUT2D eigenvalue weighted by atomic mass is 10.3. The first-order valence-corrected chi connectivity index (χ1v) is 7.88. The number of aromatic nitrogens is 3. The van der Waals surface area contributed by atoms with Gasteiger partial charge >= 0.3 is 0 Å². The average molecular weight is 281 g/mol. The zero-order valence-electron chi connectivity index (χ0n) is 10.6. The predicted octanol–water partition coefficient (Wildman–Crippen LogP) is 0.0395. The predicted molar refractivity (Wildman–Crippen MR) is 72.5 cm³/mol. The lowest BCUT2D eigenvalue weighted by Crippen LogP contribution is -2.48. The van der Waals surface area contributed by atoms with Gasteiger partial charge in [0, 0.05) is 31.6 Å². The van der Waals surface area contributed by atoms with Crippen LogP contribution in [0.15, 0.2) is 18.5 Å². The number of sulfonamides is 1. The summed E-state index contributed by atoms with van der Waals surface area (Å²) >= 11 is 0. The van der Waals surface area contributed by atoms with Crippen molar-refractivity contribution in [2.45, 2.75) is 0 Å². The van der Waals surface area contributed by atoms with Gasteiger partial charge < -0.3 is 4.90 Å². The van der Waals surface area contributed by atoms with E-state index in [1.807, 2.05) is 6.07 Å². The fourth-order valence-electron chi connectivity index (χ4n) is 2.25. The Morgan fingerprint density at radius 3 is 2.63 bits per heavy atom. The van der Waals surface area contributed by atoms with Gasteiger partial charge in [-0.3, -0.25) is 5.10 Å². The number of pyridine rings is 1. The number of nitrogens with one attached hydrogen (secondary N) is 1. The molecule has 0 spiro atoms. The van der Waals surface area contributed by atoms with Gasteiger partial charge in [-0.15, -0.1) is 0 Å². The van der Waals surface area contributed by atoms with Crippen LogP contribution in [0.4, 0.5) is 5.82 Å². The second-order valence-electron chi connectivity index (χ2n) is 4.65. The summed E-state index contributed by atoms with van der Waals surface area (Å²) in [6.07, 6.45) is 4.76. The number of hydrogen-bond donors (Lipinski definition) is 1. The minimum atomic E-state index is -3.09. The van der Waals surface area contributed by atoms with Gasteiger partial charge in [0.05, 0.1) is 24.2 Å². The number of aromatic amines is 1. The zero-order valence-corrected chi connectivity index (χ0v) is 11.4. The van der Waals surface area contributed by atoms with Crippen molar-refractivity contribution in [3.8, 4) is 0 Å². The van der Waals surface area contributed by atoms with Crippen molar-refractivity contribution < 1.29 is 8.42 Å². The third kappa shape index (κ3) is 2.41. The van der Waals surface area contributed by atoms with Crippen LogP contribution in [-0.2, 0) is 10.0 Å². The van der Waals surface area contributed by atoms with E-state index >= 15 is 0 Å². The van der Waals surface area contributed by atoms with Crippen molar-refractivity contribution in [2.24, 2.45) is 0 Å². The van der Waals surface area contributed by atoms with E-state index in [4.69, 9.17) is 0 Å². The molecule has 0 amide bonds. The lowest BCUT2D eigenvalue weighted by molar-refractivity contribution is 0.387. The van der Waals surface area contributed by atoms with E-state index in [1.165, 1.54) is 10.6 Å². The summed E-state index contributed by atoms with van der Waals surface area (Å²) in [5.74, 6) is 0.863. The summed E-state index contributed by atoms with van der Waals surface area (Å²) in [4.78, 5) is 6.47. The van der Waals surface area contributed by atoms with E-state index in [2.05, 4.69) is 20.1 Å². The Kier molecular flexibility index (Phi) is 2.90. The van der Waals surface area contributed by atoms with Crippen molar-refractivity contribution >= 4 is 26.7 Å². The SMILES string of the molecule is CS(=O)(=O)N1CCN(c2cc3cn[nH]c3cn2)CC1. The van der Waals surface area contributed by atoms with Gasteiger partial charge in [0.2, 0.25) is 10.0 Å². The van der Waals surface area contributed by atoms with Gasteiger partial charge in [0.15, 0.2) is 0 Å². The Bertz CT molecular complexity index is 688. The molecule has 102 valence electrons. The third-order valence-electron chi connectivity index (χ3n) is 3.34. The summed E-state index contributed by atoms with van der Waals surface area (Å²) in [6, 6.07) is 1.97. The second kappa shape index (κ2) is 4.46. The Labute approximate surface area is 111 Å². The molecular formula is C11H15N5O2S. The van der Waals surface area contributed by atoms with Crippen molar-refractivity contribution in [2.75, 3.05) is 37.3 Å². The summed E-state index contributed by atoms with van der Waals surface area (Å²) < 4.78 is 24.4. The number of fused-ring (bicyclic) bond motifs is 1. The summed E-state index contributed by atoms with van der Waals surface area (Å²) in [5.41, 5.74) is 0.901. The molecule has 0 atom stereocenters. The molecule has 1 N–H and O–H groups in total. The number of piperazine rings is 1. The standard InChI is InChI=1S/C11H15N5O2S/c1-19(17,18)16-4-2-15(3-5-16)11-6-9-7-13-14-10(9)8-12-11/h6-8H,2-5H2,1H3,(H,13,14). The molecule has 0 aliphatic carbocycles. The summed E-state index contributed by atoms with van der Waals surface area (Å²) in [5, 5.41) is 7.83. The van der Waals surface area contributed by atoms with Gasteiger partial charge in [-0.05, 0) is 6.07 Å². The van der Waals surface area contributed by atoms with Crippen LogP contribution in [0.3, 0.4) is 0 Å². The molecule has 0 bridgehead atoms. The van der Waals surface area contributed by atoms with Crippen LogP contribution in [0.2, 0.25) is 0 Å². The zero-order chi connectivity index (χ0) is 13.5. The van der Waals surface area contributed by atoms with Crippen molar-refractivity contribution in [3.63, 3.8) is 0 Å². The van der Waals surface area contributed by atoms with E-state index < -0.39 is 10.0 Å². The van der Waals surface area contributed by atoms with Gasteiger partial charge in [0.25, 0.3) is 0 Å². The Morgan fingerprint density at radius 1 is 1.21 bits per heavy atom. The molecular weight excluding hydrogens is 266 g/mol. The number of rotatable bonds is 2. The van der Waals surface area contributed by atoms with E-state index in [0.717, 1.165) is 16.7 Å². The highest BCUT2D eigenvalue weighted by Crippen LogP contribution is 2.19. The molecule has 7 nitrogen and oxygen atoms in total. The molecule has 1 fully saturated rings. The van der Waals surface area contributed by atoms with Crippen molar-refractivity contribution in [1.29, 1.82) is 0 Å². The van der Waals surface area contributed by atoms with Crippen LogP contribution in [0.5, 0.6) is 0 Å². The van der Waals surface area contributed by atoms with Crippen LogP contribution in [0.25, 0.3) is 10.9 Å². The first-order chi connectivity index (χ1) is 9.04. The maximum Gasteiger partial charge on any atom is 0.211 e. The van der Waals surface area contributed by atoms with Gasteiger partial charge in [0.1, 0.15) is 5.82 Å². The van der Waals surface area contributed by atoms with E-state index in [1.54, 1.807) is 12.4 Å². The molecule has 19 heavy (non-hydrogen) atoms. The van der Waals surface area contributed by atoms with Gasteiger partial charge in [-0.1, -0.05) is 0 Å². The molecule has 0 unspecified atom stereocenters. The molecule has 0 saturated carbocycles. The molecule has 8 heteroatoms.